The minimum atomic E-state index is -0.151. The van der Waals surface area contributed by atoms with E-state index in [1.807, 2.05) is 17.4 Å². The molecule has 134 valence electrons. The summed E-state index contributed by atoms with van der Waals surface area (Å²) < 4.78 is 1.93. The van der Waals surface area contributed by atoms with Gasteiger partial charge in [-0.25, -0.2) is 9.97 Å². The van der Waals surface area contributed by atoms with Crippen LogP contribution in [0.4, 0.5) is 0 Å². The Hall–Kier alpha value is -2.69. The molecule has 26 heavy (non-hydrogen) atoms. The van der Waals surface area contributed by atoms with E-state index in [0.29, 0.717) is 17.3 Å². The summed E-state index contributed by atoms with van der Waals surface area (Å²) in [6.07, 6.45) is 4.83. The molecule has 1 amide bonds. The fraction of sp³-hybridized carbons (Fsp3) is 0.381. The van der Waals surface area contributed by atoms with Crippen LogP contribution < -0.4 is 5.32 Å². The minimum Gasteiger partial charge on any atom is -0.344 e. The Bertz CT molecular complexity index is 973. The number of fused-ring (bicyclic) bond motifs is 2. The zero-order chi connectivity index (χ0) is 18.3. The lowest BCUT2D eigenvalue weighted by molar-refractivity contribution is 0.0929. The van der Waals surface area contributed by atoms with Crippen LogP contribution in [0.2, 0.25) is 0 Å². The number of rotatable bonds is 3. The SMILES string of the molecule is Cc1cc(C(C)C)n2cnc(C(=O)NC3CCCc4ccccc43)c2n1. The molecule has 1 aliphatic rings. The fourth-order valence-electron chi connectivity index (χ4n) is 3.86. The van der Waals surface area contributed by atoms with Gasteiger partial charge >= 0.3 is 0 Å². The molecule has 0 bridgehead atoms. The Morgan fingerprint density at radius 2 is 2.12 bits per heavy atom. The molecule has 1 aliphatic carbocycles. The Labute approximate surface area is 153 Å². The molecule has 2 aromatic heterocycles. The van der Waals surface area contributed by atoms with Crippen LogP contribution in [0, 0.1) is 6.92 Å². The summed E-state index contributed by atoms with van der Waals surface area (Å²) in [4.78, 5) is 21.9. The first-order chi connectivity index (χ1) is 12.5. The molecule has 0 fully saturated rings. The first-order valence-corrected chi connectivity index (χ1v) is 9.28. The number of amides is 1. The predicted molar refractivity (Wildman–Crippen MR) is 101 cm³/mol. The standard InChI is InChI=1S/C21H24N4O/c1-13(2)18-11-14(3)23-20-19(22-12-25(18)20)21(26)24-17-10-6-8-15-7-4-5-9-16(15)17/h4-5,7,9,11-13,17H,6,8,10H2,1-3H3,(H,24,26). The number of hydrogen-bond acceptors (Lipinski definition) is 3. The molecular weight excluding hydrogens is 324 g/mol. The van der Waals surface area contributed by atoms with Gasteiger partial charge in [0.2, 0.25) is 0 Å². The second-order valence-electron chi connectivity index (χ2n) is 7.38. The van der Waals surface area contributed by atoms with Gasteiger partial charge in [0, 0.05) is 11.4 Å². The fourth-order valence-corrected chi connectivity index (χ4v) is 3.86. The number of carbonyl (C=O) groups excluding carboxylic acids is 1. The maximum atomic E-state index is 13.0. The molecular formula is C21H24N4O. The highest BCUT2D eigenvalue weighted by atomic mass is 16.2. The number of benzene rings is 1. The van der Waals surface area contributed by atoms with Crippen LogP contribution in [-0.2, 0) is 6.42 Å². The first kappa shape index (κ1) is 16.8. The summed E-state index contributed by atoms with van der Waals surface area (Å²) in [5.41, 5.74) is 5.60. The molecule has 3 aromatic rings. The van der Waals surface area contributed by atoms with Gasteiger partial charge in [0.25, 0.3) is 5.91 Å². The van der Waals surface area contributed by atoms with E-state index < -0.39 is 0 Å². The van der Waals surface area contributed by atoms with Crippen molar-refractivity contribution in [2.75, 3.05) is 0 Å². The van der Waals surface area contributed by atoms with Crippen molar-refractivity contribution < 1.29 is 4.79 Å². The van der Waals surface area contributed by atoms with Gasteiger partial charge in [-0.05, 0) is 49.3 Å². The number of hydrogen-bond donors (Lipinski definition) is 1. The molecule has 0 radical (unpaired) electrons. The first-order valence-electron chi connectivity index (χ1n) is 9.28. The van der Waals surface area contributed by atoms with Gasteiger partial charge in [0.1, 0.15) is 6.33 Å². The molecule has 0 saturated carbocycles. The molecule has 2 heterocycles. The average molecular weight is 348 g/mol. The lowest BCUT2D eigenvalue weighted by Gasteiger charge is -2.26. The molecule has 5 nitrogen and oxygen atoms in total. The van der Waals surface area contributed by atoms with Crippen molar-refractivity contribution in [2.24, 2.45) is 0 Å². The number of aryl methyl sites for hydroxylation is 2. The van der Waals surface area contributed by atoms with Crippen LogP contribution in [0.15, 0.2) is 36.7 Å². The van der Waals surface area contributed by atoms with Crippen molar-refractivity contribution in [3.63, 3.8) is 0 Å². The quantitative estimate of drug-likeness (QED) is 0.779. The second kappa shape index (κ2) is 6.56. The van der Waals surface area contributed by atoms with Crippen LogP contribution in [0.5, 0.6) is 0 Å². The normalized spacial score (nSPS) is 16.7. The molecule has 0 aliphatic heterocycles. The zero-order valence-corrected chi connectivity index (χ0v) is 15.5. The highest BCUT2D eigenvalue weighted by molar-refractivity contribution is 5.98. The van der Waals surface area contributed by atoms with Gasteiger partial charge in [-0.3, -0.25) is 9.20 Å². The largest absolute Gasteiger partial charge is 0.344 e. The molecule has 0 spiro atoms. The van der Waals surface area contributed by atoms with E-state index in [9.17, 15) is 4.79 Å². The maximum Gasteiger partial charge on any atom is 0.274 e. The highest BCUT2D eigenvalue weighted by Gasteiger charge is 2.24. The van der Waals surface area contributed by atoms with Crippen molar-refractivity contribution >= 4 is 11.6 Å². The number of nitrogens with one attached hydrogen (secondary N) is 1. The van der Waals surface area contributed by atoms with Crippen molar-refractivity contribution in [1.82, 2.24) is 19.7 Å². The van der Waals surface area contributed by atoms with Gasteiger partial charge in [0.05, 0.1) is 6.04 Å². The monoisotopic (exact) mass is 348 g/mol. The summed E-state index contributed by atoms with van der Waals surface area (Å²) >= 11 is 0. The van der Waals surface area contributed by atoms with E-state index in [4.69, 9.17) is 0 Å². The van der Waals surface area contributed by atoms with Crippen molar-refractivity contribution in [3.05, 3.63) is 64.9 Å². The average Bonchev–Trinajstić information content (AvgIpc) is 3.05. The number of aromatic nitrogens is 3. The minimum absolute atomic E-state index is 0.0404. The van der Waals surface area contributed by atoms with Gasteiger partial charge < -0.3 is 5.32 Å². The Morgan fingerprint density at radius 1 is 1.31 bits per heavy atom. The van der Waals surface area contributed by atoms with Crippen LogP contribution in [-0.4, -0.2) is 20.3 Å². The smallest absolute Gasteiger partial charge is 0.274 e. The van der Waals surface area contributed by atoms with E-state index in [1.165, 1.54) is 11.1 Å². The van der Waals surface area contributed by atoms with E-state index in [2.05, 4.69) is 53.4 Å². The number of carbonyl (C=O) groups is 1. The summed E-state index contributed by atoms with van der Waals surface area (Å²) in [5.74, 6) is 0.177. The summed E-state index contributed by atoms with van der Waals surface area (Å²) in [6, 6.07) is 10.5. The van der Waals surface area contributed by atoms with Gasteiger partial charge in [-0.1, -0.05) is 38.1 Å². The number of nitrogens with zero attached hydrogens (tertiary/aromatic N) is 3. The highest BCUT2D eigenvalue weighted by Crippen LogP contribution is 2.30. The Morgan fingerprint density at radius 3 is 2.92 bits per heavy atom. The molecule has 1 aromatic carbocycles. The van der Waals surface area contributed by atoms with Crippen LogP contribution in [0.3, 0.4) is 0 Å². The third-order valence-electron chi connectivity index (χ3n) is 5.14. The van der Waals surface area contributed by atoms with E-state index in [1.54, 1.807) is 6.33 Å². The van der Waals surface area contributed by atoms with Gasteiger partial charge in [-0.15, -0.1) is 0 Å². The van der Waals surface area contributed by atoms with Crippen molar-refractivity contribution in [2.45, 2.75) is 52.0 Å². The zero-order valence-electron chi connectivity index (χ0n) is 15.5. The van der Waals surface area contributed by atoms with E-state index in [-0.39, 0.29) is 11.9 Å². The Kier molecular flexibility index (Phi) is 4.23. The van der Waals surface area contributed by atoms with Gasteiger partial charge in [0.15, 0.2) is 11.3 Å². The van der Waals surface area contributed by atoms with E-state index >= 15 is 0 Å². The lowest BCUT2D eigenvalue weighted by atomic mass is 9.88. The van der Waals surface area contributed by atoms with E-state index in [0.717, 1.165) is 30.7 Å². The van der Waals surface area contributed by atoms with Crippen molar-refractivity contribution in [3.8, 4) is 0 Å². The molecule has 5 heteroatoms. The molecule has 0 saturated heterocycles. The third kappa shape index (κ3) is 2.87. The predicted octanol–water partition coefficient (Wildman–Crippen LogP) is 3.97. The molecule has 1 N–H and O–H groups in total. The topological polar surface area (TPSA) is 59.3 Å². The summed E-state index contributed by atoms with van der Waals surface area (Å²) in [5, 5.41) is 3.18. The molecule has 4 rings (SSSR count). The Balaban J connectivity index is 1.68. The third-order valence-corrected chi connectivity index (χ3v) is 5.14. The van der Waals surface area contributed by atoms with Gasteiger partial charge in [-0.2, -0.15) is 0 Å². The van der Waals surface area contributed by atoms with Crippen molar-refractivity contribution in [1.29, 1.82) is 0 Å². The number of imidazole rings is 1. The molecule has 1 atom stereocenters. The summed E-state index contributed by atoms with van der Waals surface area (Å²) in [7, 11) is 0. The maximum absolute atomic E-state index is 13.0. The van der Waals surface area contributed by atoms with Crippen LogP contribution in [0.25, 0.3) is 5.65 Å². The summed E-state index contributed by atoms with van der Waals surface area (Å²) in [6.45, 7) is 6.22. The molecule has 1 unspecified atom stereocenters. The van der Waals surface area contributed by atoms with Crippen LogP contribution in [0.1, 0.15) is 71.7 Å². The van der Waals surface area contributed by atoms with Crippen LogP contribution >= 0.6 is 0 Å². The lowest BCUT2D eigenvalue weighted by Crippen LogP contribution is -2.31. The second-order valence-corrected chi connectivity index (χ2v) is 7.38.